The highest BCUT2D eigenvalue weighted by molar-refractivity contribution is 6.19. The Bertz CT molecular complexity index is 1280. The number of rotatable bonds is 5. The number of primary amides is 1. The molecule has 0 fully saturated rings. The van der Waals surface area contributed by atoms with E-state index >= 15 is 0 Å². The minimum atomic E-state index is -0.525. The molecular weight excluding hydrogens is 392 g/mol. The van der Waals surface area contributed by atoms with E-state index in [0.29, 0.717) is 11.6 Å². The van der Waals surface area contributed by atoms with Crippen molar-refractivity contribution in [2.75, 3.05) is 11.9 Å². The maximum Gasteiger partial charge on any atom is 0.255 e. The van der Waals surface area contributed by atoms with Gasteiger partial charge >= 0.3 is 0 Å². The number of hydrogen-bond donors (Lipinski definition) is 3. The zero-order valence-electron chi connectivity index (χ0n) is 16.6. The van der Waals surface area contributed by atoms with Crippen molar-refractivity contribution in [1.29, 1.82) is 0 Å². The normalized spacial score (nSPS) is 17.4. The molecule has 1 aromatic heterocycles. The lowest BCUT2D eigenvalue weighted by Gasteiger charge is -2.25. The highest BCUT2D eigenvalue weighted by Crippen LogP contribution is 2.27. The molecule has 4 N–H and O–H groups in total. The largest absolute Gasteiger partial charge is 0.484 e. The summed E-state index contributed by atoms with van der Waals surface area (Å²) < 4.78 is 5.44. The quantitative estimate of drug-likeness (QED) is 0.597. The van der Waals surface area contributed by atoms with Crippen molar-refractivity contribution in [1.82, 2.24) is 10.2 Å². The summed E-state index contributed by atoms with van der Waals surface area (Å²) in [5.41, 5.74) is 8.92. The molecule has 1 aliphatic carbocycles. The number of anilines is 1. The van der Waals surface area contributed by atoms with Crippen LogP contribution in [0.2, 0.25) is 0 Å². The Morgan fingerprint density at radius 3 is 3.10 bits per heavy atom. The highest BCUT2D eigenvalue weighted by Gasteiger charge is 2.25. The van der Waals surface area contributed by atoms with Crippen LogP contribution in [0.1, 0.15) is 12.0 Å². The van der Waals surface area contributed by atoms with E-state index in [0.717, 1.165) is 40.0 Å². The van der Waals surface area contributed by atoms with Crippen LogP contribution in [0.5, 0.6) is 5.75 Å². The zero-order chi connectivity index (χ0) is 21.2. The molecule has 8 nitrogen and oxygen atoms in total. The Hall–Kier alpha value is -4.20. The second-order valence-corrected chi connectivity index (χ2v) is 7.29. The van der Waals surface area contributed by atoms with Crippen molar-refractivity contribution in [2.45, 2.75) is 12.5 Å². The maximum absolute atomic E-state index is 11.0. The fourth-order valence-electron chi connectivity index (χ4n) is 3.60. The molecule has 1 aliphatic heterocycles. The second kappa shape index (κ2) is 7.91. The van der Waals surface area contributed by atoms with Crippen molar-refractivity contribution in [3.05, 3.63) is 78.0 Å². The fraction of sp³-hybridized carbons (Fsp3) is 0.130. The zero-order valence-corrected chi connectivity index (χ0v) is 16.6. The van der Waals surface area contributed by atoms with Crippen molar-refractivity contribution in [3.8, 4) is 5.75 Å². The lowest BCUT2D eigenvalue weighted by atomic mass is 9.96. The summed E-state index contributed by atoms with van der Waals surface area (Å²) in [5, 5.41) is 11.5. The maximum atomic E-state index is 11.0. The van der Waals surface area contributed by atoms with E-state index in [4.69, 9.17) is 20.5 Å². The average Bonchev–Trinajstić information content (AvgIpc) is 3.26. The van der Waals surface area contributed by atoms with Gasteiger partial charge in [0.1, 0.15) is 11.6 Å². The van der Waals surface area contributed by atoms with Crippen LogP contribution >= 0.6 is 0 Å². The molecule has 1 atom stereocenters. The third-order valence-corrected chi connectivity index (χ3v) is 5.08. The van der Waals surface area contributed by atoms with Crippen LogP contribution in [0.3, 0.4) is 0 Å². The molecular formula is C23H20N6O2. The number of ether oxygens (including phenoxy) is 1. The first-order valence-corrected chi connectivity index (χ1v) is 9.91. The molecule has 5 rings (SSSR count). The van der Waals surface area contributed by atoms with Crippen LogP contribution in [-0.4, -0.2) is 40.4 Å². The van der Waals surface area contributed by atoms with E-state index < -0.39 is 5.91 Å². The Morgan fingerprint density at radius 1 is 1.26 bits per heavy atom. The van der Waals surface area contributed by atoms with E-state index in [1.54, 1.807) is 12.3 Å². The Labute approximate surface area is 178 Å². The number of nitrogens with zero attached hydrogens (tertiary/aromatic N) is 3. The van der Waals surface area contributed by atoms with Crippen molar-refractivity contribution in [3.63, 3.8) is 0 Å². The van der Waals surface area contributed by atoms with Gasteiger partial charge in [-0.3, -0.25) is 14.9 Å². The standard InChI is InChI=1S/C23H20N6O2/c24-21(30)13-31-17-5-3-4-14(11-17)22-27-20-7-2-1-6-18(20)23(28-22)26-16-8-9-19-15(10-16)12-25-29-19/h1-6,8-12,20H,7,13H2,(H2,24,30)(H,25,29)(H,26,27,28). The SMILES string of the molecule is NC(=O)COc1cccc(C2=NC3CC=CC=C3C(Nc3ccc4[nH]ncc4c3)=N2)c1. The van der Waals surface area contributed by atoms with Gasteiger partial charge in [-0.2, -0.15) is 5.10 Å². The van der Waals surface area contributed by atoms with Gasteiger partial charge in [-0.1, -0.05) is 30.4 Å². The minimum absolute atomic E-state index is 0.0205. The van der Waals surface area contributed by atoms with Gasteiger partial charge in [-0.05, 0) is 36.8 Å². The smallest absolute Gasteiger partial charge is 0.255 e. The van der Waals surface area contributed by atoms with Crippen LogP contribution in [0.15, 0.2) is 82.4 Å². The van der Waals surface area contributed by atoms with Gasteiger partial charge in [0.15, 0.2) is 12.4 Å². The molecule has 2 heterocycles. The molecule has 0 spiro atoms. The lowest BCUT2D eigenvalue weighted by Crippen LogP contribution is -2.30. The first-order valence-electron chi connectivity index (χ1n) is 9.91. The number of aliphatic imine (C=N–C) groups is 2. The number of nitrogens with one attached hydrogen (secondary N) is 2. The molecule has 1 unspecified atom stereocenters. The number of carbonyl (C=O) groups is 1. The molecule has 0 bridgehead atoms. The fourth-order valence-corrected chi connectivity index (χ4v) is 3.60. The van der Waals surface area contributed by atoms with E-state index in [1.807, 2.05) is 48.6 Å². The molecule has 154 valence electrons. The van der Waals surface area contributed by atoms with Gasteiger partial charge in [0, 0.05) is 22.2 Å². The Morgan fingerprint density at radius 2 is 2.19 bits per heavy atom. The molecule has 2 aliphatic rings. The van der Waals surface area contributed by atoms with Crippen molar-refractivity contribution in [2.24, 2.45) is 15.7 Å². The molecule has 0 saturated heterocycles. The molecule has 1 amide bonds. The summed E-state index contributed by atoms with van der Waals surface area (Å²) in [6, 6.07) is 13.3. The Kier molecular flexibility index (Phi) is 4.80. The summed E-state index contributed by atoms with van der Waals surface area (Å²) in [6.45, 7) is -0.178. The summed E-state index contributed by atoms with van der Waals surface area (Å²) >= 11 is 0. The van der Waals surface area contributed by atoms with Crippen LogP contribution in [0, 0.1) is 0 Å². The predicted molar refractivity (Wildman–Crippen MR) is 120 cm³/mol. The highest BCUT2D eigenvalue weighted by atomic mass is 16.5. The number of benzene rings is 2. The van der Waals surface area contributed by atoms with Crippen LogP contribution in [-0.2, 0) is 4.79 Å². The number of fused-ring (bicyclic) bond motifs is 2. The molecule has 3 aromatic rings. The summed E-state index contributed by atoms with van der Waals surface area (Å²) in [7, 11) is 0. The predicted octanol–water partition coefficient (Wildman–Crippen LogP) is 2.95. The number of nitrogens with two attached hydrogens (primary N) is 1. The first-order chi connectivity index (χ1) is 15.2. The van der Waals surface area contributed by atoms with Gasteiger partial charge in [0.05, 0.1) is 17.8 Å². The summed E-state index contributed by atoms with van der Waals surface area (Å²) in [4.78, 5) is 20.7. The van der Waals surface area contributed by atoms with E-state index in [-0.39, 0.29) is 12.6 Å². The van der Waals surface area contributed by atoms with Crippen LogP contribution in [0.4, 0.5) is 5.69 Å². The second-order valence-electron chi connectivity index (χ2n) is 7.29. The van der Waals surface area contributed by atoms with E-state index in [2.05, 4.69) is 21.6 Å². The minimum Gasteiger partial charge on any atom is -0.484 e. The average molecular weight is 412 g/mol. The number of carbonyl (C=O) groups excluding carboxylic acids is 1. The van der Waals surface area contributed by atoms with Gasteiger partial charge in [0.2, 0.25) is 0 Å². The number of hydrogen-bond acceptors (Lipinski definition) is 6. The lowest BCUT2D eigenvalue weighted by molar-refractivity contribution is -0.119. The number of allylic oxidation sites excluding steroid dienone is 2. The van der Waals surface area contributed by atoms with E-state index in [9.17, 15) is 4.79 Å². The van der Waals surface area contributed by atoms with Gasteiger partial charge < -0.3 is 15.8 Å². The first kappa shape index (κ1) is 18.8. The number of H-pyrrole nitrogens is 1. The monoisotopic (exact) mass is 412 g/mol. The molecule has 31 heavy (non-hydrogen) atoms. The van der Waals surface area contributed by atoms with Gasteiger partial charge in [-0.15, -0.1) is 0 Å². The number of aromatic amines is 1. The molecule has 8 heteroatoms. The number of amides is 1. The Balaban J connectivity index is 1.48. The van der Waals surface area contributed by atoms with Gasteiger partial charge in [0.25, 0.3) is 5.91 Å². The summed E-state index contributed by atoms with van der Waals surface area (Å²) in [5.74, 6) is 1.38. The van der Waals surface area contributed by atoms with Crippen molar-refractivity contribution < 1.29 is 9.53 Å². The topological polar surface area (TPSA) is 118 Å². The number of amidine groups is 2. The van der Waals surface area contributed by atoms with Gasteiger partial charge in [-0.25, -0.2) is 4.99 Å². The van der Waals surface area contributed by atoms with Crippen LogP contribution < -0.4 is 15.8 Å². The molecule has 0 saturated carbocycles. The van der Waals surface area contributed by atoms with Crippen LogP contribution in [0.25, 0.3) is 10.9 Å². The third-order valence-electron chi connectivity index (χ3n) is 5.08. The molecule has 2 aromatic carbocycles. The van der Waals surface area contributed by atoms with Crippen molar-refractivity contribution >= 4 is 34.2 Å². The summed E-state index contributed by atoms with van der Waals surface area (Å²) in [6.07, 6.45) is 8.76. The molecule has 0 radical (unpaired) electrons. The number of aromatic nitrogens is 2. The third kappa shape index (κ3) is 3.95. The van der Waals surface area contributed by atoms with E-state index in [1.165, 1.54) is 0 Å².